The van der Waals surface area contributed by atoms with Crippen LogP contribution in [0.25, 0.3) is 0 Å². The Hall–Kier alpha value is -1.84. The number of piperidine rings is 1. The summed E-state index contributed by atoms with van der Waals surface area (Å²) in [4.78, 5) is 26.5. The molecule has 112 valence electrons. The van der Waals surface area contributed by atoms with Crippen molar-refractivity contribution in [1.82, 2.24) is 4.90 Å². The molecule has 0 bridgehead atoms. The number of carbonyl (C=O) groups is 2. The highest BCUT2D eigenvalue weighted by atomic mass is 16.2. The van der Waals surface area contributed by atoms with Crippen molar-refractivity contribution in [3.8, 4) is 0 Å². The molecule has 1 N–H and O–H groups in total. The summed E-state index contributed by atoms with van der Waals surface area (Å²) in [5.41, 5.74) is 0.798. The highest BCUT2D eigenvalue weighted by Crippen LogP contribution is 2.41. The number of benzene rings is 1. The van der Waals surface area contributed by atoms with Gasteiger partial charge < -0.3 is 10.2 Å². The number of para-hydroxylation sites is 1. The molecule has 2 fully saturated rings. The molecule has 0 aromatic heterocycles. The number of nitrogens with one attached hydrogen (secondary N) is 1. The Kier molecular flexibility index (Phi) is 3.95. The molecule has 1 aliphatic carbocycles. The number of hydrogen-bond acceptors (Lipinski definition) is 2. The second-order valence-corrected chi connectivity index (χ2v) is 6.34. The van der Waals surface area contributed by atoms with Gasteiger partial charge in [0.25, 0.3) is 0 Å². The van der Waals surface area contributed by atoms with Gasteiger partial charge in [-0.05, 0) is 37.3 Å². The Morgan fingerprint density at radius 3 is 2.67 bits per heavy atom. The zero-order valence-electron chi connectivity index (χ0n) is 12.4. The van der Waals surface area contributed by atoms with Gasteiger partial charge >= 0.3 is 0 Å². The monoisotopic (exact) mass is 286 g/mol. The number of hydrogen-bond donors (Lipinski definition) is 1. The minimum absolute atomic E-state index is 0.0235. The number of likely N-dealkylation sites (tertiary alicyclic amines) is 1. The first kappa shape index (κ1) is 14.1. The molecular formula is C17H22N2O2. The average molecular weight is 286 g/mol. The summed E-state index contributed by atoms with van der Waals surface area (Å²) in [6, 6.07) is 9.42. The largest absolute Gasteiger partial charge is 0.342 e. The molecule has 1 aliphatic heterocycles. The van der Waals surface area contributed by atoms with Crippen molar-refractivity contribution >= 4 is 17.5 Å². The number of amides is 2. The van der Waals surface area contributed by atoms with Gasteiger partial charge in [-0.15, -0.1) is 0 Å². The van der Waals surface area contributed by atoms with Crippen molar-refractivity contribution < 1.29 is 9.59 Å². The lowest BCUT2D eigenvalue weighted by molar-refractivity contribution is -0.135. The normalized spacial score (nSPS) is 28.0. The predicted octanol–water partition coefficient (Wildman–Crippen LogP) is 2.52. The molecule has 3 rings (SSSR count). The van der Waals surface area contributed by atoms with Crippen LogP contribution in [0.5, 0.6) is 0 Å². The van der Waals surface area contributed by atoms with Crippen molar-refractivity contribution in [2.75, 3.05) is 18.4 Å². The fourth-order valence-corrected chi connectivity index (χ4v) is 3.14. The van der Waals surface area contributed by atoms with Gasteiger partial charge in [-0.3, -0.25) is 9.59 Å². The van der Waals surface area contributed by atoms with E-state index in [0.29, 0.717) is 12.3 Å². The van der Waals surface area contributed by atoms with Gasteiger partial charge in [0, 0.05) is 18.8 Å². The Balaban J connectivity index is 1.53. The molecule has 2 aliphatic rings. The van der Waals surface area contributed by atoms with Crippen molar-refractivity contribution in [3.63, 3.8) is 0 Å². The Morgan fingerprint density at radius 2 is 1.95 bits per heavy atom. The zero-order chi connectivity index (χ0) is 14.8. The van der Waals surface area contributed by atoms with Crippen molar-refractivity contribution in [1.29, 1.82) is 0 Å². The van der Waals surface area contributed by atoms with Gasteiger partial charge in [-0.25, -0.2) is 0 Å². The summed E-state index contributed by atoms with van der Waals surface area (Å²) in [6.45, 7) is 3.89. The van der Waals surface area contributed by atoms with E-state index < -0.39 is 0 Å². The van der Waals surface area contributed by atoms with E-state index in [-0.39, 0.29) is 23.7 Å². The third-order valence-corrected chi connectivity index (χ3v) is 4.45. The standard InChI is InChI=1S/C17H22N2O2/c1-12-6-5-9-19(11-12)17(21)15-10-14(15)16(20)18-13-7-3-2-4-8-13/h2-4,7-8,12,14-15H,5-6,9-11H2,1H3,(H,18,20). The van der Waals surface area contributed by atoms with Crippen molar-refractivity contribution in [3.05, 3.63) is 30.3 Å². The van der Waals surface area contributed by atoms with E-state index in [1.165, 1.54) is 6.42 Å². The molecule has 1 saturated carbocycles. The van der Waals surface area contributed by atoms with Gasteiger partial charge in [0.2, 0.25) is 11.8 Å². The first-order valence-electron chi connectivity index (χ1n) is 7.80. The lowest BCUT2D eigenvalue weighted by Gasteiger charge is -2.31. The van der Waals surface area contributed by atoms with Gasteiger partial charge in [0.15, 0.2) is 0 Å². The fourth-order valence-electron chi connectivity index (χ4n) is 3.14. The van der Waals surface area contributed by atoms with Crippen LogP contribution < -0.4 is 5.32 Å². The van der Waals surface area contributed by atoms with E-state index in [1.807, 2.05) is 35.2 Å². The fraction of sp³-hybridized carbons (Fsp3) is 0.529. The smallest absolute Gasteiger partial charge is 0.228 e. The summed E-state index contributed by atoms with van der Waals surface area (Å²) >= 11 is 0. The van der Waals surface area contributed by atoms with Crippen LogP contribution in [0.2, 0.25) is 0 Å². The maximum absolute atomic E-state index is 12.4. The van der Waals surface area contributed by atoms with Gasteiger partial charge in [0.05, 0.1) is 11.8 Å². The zero-order valence-corrected chi connectivity index (χ0v) is 12.4. The van der Waals surface area contributed by atoms with Crippen LogP contribution in [0.3, 0.4) is 0 Å². The molecule has 0 spiro atoms. The quantitative estimate of drug-likeness (QED) is 0.928. The van der Waals surface area contributed by atoms with E-state index in [9.17, 15) is 9.59 Å². The predicted molar refractivity (Wildman–Crippen MR) is 81.6 cm³/mol. The molecule has 4 heteroatoms. The lowest BCUT2D eigenvalue weighted by atomic mass is 10.00. The van der Waals surface area contributed by atoms with Crippen LogP contribution in [0, 0.1) is 17.8 Å². The Morgan fingerprint density at radius 1 is 1.19 bits per heavy atom. The van der Waals surface area contributed by atoms with Crippen LogP contribution in [0.1, 0.15) is 26.2 Å². The minimum Gasteiger partial charge on any atom is -0.342 e. The van der Waals surface area contributed by atoms with E-state index >= 15 is 0 Å². The SMILES string of the molecule is CC1CCCN(C(=O)C2CC2C(=O)Nc2ccccc2)C1. The summed E-state index contributed by atoms with van der Waals surface area (Å²) in [6.07, 6.45) is 2.98. The second kappa shape index (κ2) is 5.88. The maximum Gasteiger partial charge on any atom is 0.228 e. The minimum atomic E-state index is -0.144. The maximum atomic E-state index is 12.4. The lowest BCUT2D eigenvalue weighted by Crippen LogP contribution is -2.40. The summed E-state index contributed by atoms with van der Waals surface area (Å²) < 4.78 is 0. The third kappa shape index (κ3) is 3.26. The van der Waals surface area contributed by atoms with Crippen LogP contribution in [-0.4, -0.2) is 29.8 Å². The molecule has 1 aromatic carbocycles. The van der Waals surface area contributed by atoms with Crippen LogP contribution >= 0.6 is 0 Å². The Bertz CT molecular complexity index is 529. The molecule has 2 amide bonds. The molecule has 1 saturated heterocycles. The highest BCUT2D eigenvalue weighted by molar-refractivity contribution is 5.99. The molecule has 4 nitrogen and oxygen atoms in total. The second-order valence-electron chi connectivity index (χ2n) is 6.34. The van der Waals surface area contributed by atoms with Gasteiger partial charge in [-0.2, -0.15) is 0 Å². The van der Waals surface area contributed by atoms with Crippen molar-refractivity contribution in [2.45, 2.75) is 26.2 Å². The summed E-state index contributed by atoms with van der Waals surface area (Å²) in [5, 5.41) is 2.89. The molecule has 3 unspecified atom stereocenters. The molecule has 1 heterocycles. The average Bonchev–Trinajstić information content (AvgIpc) is 3.28. The molecule has 21 heavy (non-hydrogen) atoms. The topological polar surface area (TPSA) is 49.4 Å². The third-order valence-electron chi connectivity index (χ3n) is 4.45. The Labute approximate surface area is 125 Å². The van der Waals surface area contributed by atoms with E-state index in [1.54, 1.807) is 0 Å². The molecule has 3 atom stereocenters. The molecule has 0 radical (unpaired) electrons. The van der Waals surface area contributed by atoms with Crippen LogP contribution in [-0.2, 0) is 9.59 Å². The first-order valence-corrected chi connectivity index (χ1v) is 7.80. The summed E-state index contributed by atoms with van der Waals surface area (Å²) in [5.74, 6) is 0.492. The van der Waals surface area contributed by atoms with E-state index in [0.717, 1.165) is 25.2 Å². The number of anilines is 1. The highest BCUT2D eigenvalue weighted by Gasteiger charge is 2.49. The van der Waals surface area contributed by atoms with Crippen molar-refractivity contribution in [2.24, 2.45) is 17.8 Å². The molecule has 1 aromatic rings. The van der Waals surface area contributed by atoms with Crippen LogP contribution in [0.15, 0.2) is 30.3 Å². The number of nitrogens with zero attached hydrogens (tertiary/aromatic N) is 1. The number of carbonyl (C=O) groups excluding carboxylic acids is 2. The first-order chi connectivity index (χ1) is 10.1. The van der Waals surface area contributed by atoms with Crippen LogP contribution in [0.4, 0.5) is 5.69 Å². The molecular weight excluding hydrogens is 264 g/mol. The number of rotatable bonds is 3. The van der Waals surface area contributed by atoms with Gasteiger partial charge in [-0.1, -0.05) is 25.1 Å². The van der Waals surface area contributed by atoms with E-state index in [4.69, 9.17) is 0 Å². The van der Waals surface area contributed by atoms with Gasteiger partial charge in [0.1, 0.15) is 0 Å². The van der Waals surface area contributed by atoms with E-state index in [2.05, 4.69) is 12.2 Å². The summed E-state index contributed by atoms with van der Waals surface area (Å²) in [7, 11) is 0.